The number of morpholine rings is 1. The van der Waals surface area contributed by atoms with E-state index in [0.717, 1.165) is 13.8 Å². The van der Waals surface area contributed by atoms with Crippen LogP contribution in [0, 0.1) is 0 Å². The number of aliphatic hydroxyl groups is 1. The number of carbonyl (C=O) groups excluding carboxylic acids is 3. The van der Waals surface area contributed by atoms with Crippen LogP contribution in [-0.2, 0) is 30.3 Å². The summed E-state index contributed by atoms with van der Waals surface area (Å²) >= 11 is 0. The molecule has 46 heavy (non-hydrogen) atoms. The van der Waals surface area contributed by atoms with Gasteiger partial charge in [0, 0.05) is 63.7 Å². The van der Waals surface area contributed by atoms with Gasteiger partial charge in [-0.25, -0.2) is 0 Å². The number of rotatable bonds is 11. The summed E-state index contributed by atoms with van der Waals surface area (Å²) in [4.78, 5) is 63.0. The highest BCUT2D eigenvalue weighted by molar-refractivity contribution is 5.90. The summed E-state index contributed by atoms with van der Waals surface area (Å²) in [7, 11) is 0. The van der Waals surface area contributed by atoms with Crippen molar-refractivity contribution in [3.05, 3.63) is 46.1 Å². The summed E-state index contributed by atoms with van der Waals surface area (Å²) in [5.74, 6) is -4.37. The minimum Gasteiger partial charge on any atom is -0.490 e. The number of esters is 3. The Balaban J connectivity index is 1.81. The maximum Gasteiger partial charge on any atom is 0.308 e. The highest BCUT2D eigenvalue weighted by atomic mass is 16.6. The molecule has 3 aromatic rings. The Labute approximate surface area is 263 Å². The Bertz CT molecular complexity index is 1700. The number of carbonyl (C=O) groups is 4. The molecule has 0 radical (unpaired) electrons. The van der Waals surface area contributed by atoms with E-state index in [1.54, 1.807) is 0 Å². The fourth-order valence-electron chi connectivity index (χ4n) is 5.25. The Kier molecular flexibility index (Phi) is 10.8. The van der Waals surface area contributed by atoms with Gasteiger partial charge in [-0.3, -0.25) is 28.9 Å². The summed E-state index contributed by atoms with van der Waals surface area (Å²) < 4.78 is 33.4. The molecule has 1 aliphatic heterocycles. The van der Waals surface area contributed by atoms with Crippen LogP contribution in [0.1, 0.15) is 40.2 Å². The van der Waals surface area contributed by atoms with Gasteiger partial charge in [0.05, 0.1) is 18.6 Å². The van der Waals surface area contributed by atoms with E-state index >= 15 is 0 Å². The Hall–Kier alpha value is -4.79. The molecule has 0 bridgehead atoms. The fraction of sp³-hybridized carbons (Fsp3) is 0.406. The van der Waals surface area contributed by atoms with Crippen LogP contribution in [0.15, 0.2) is 39.5 Å². The van der Waals surface area contributed by atoms with Crippen molar-refractivity contribution in [1.29, 1.82) is 0 Å². The van der Waals surface area contributed by atoms with Crippen molar-refractivity contribution in [3.8, 4) is 34.3 Å². The molecule has 2 N–H and O–H groups in total. The molecule has 3 atom stereocenters. The van der Waals surface area contributed by atoms with Gasteiger partial charge in [-0.2, -0.15) is 0 Å². The topological polar surface area (TPSA) is 188 Å². The molecule has 1 aliphatic rings. The van der Waals surface area contributed by atoms with Crippen molar-refractivity contribution in [2.45, 2.75) is 59.4 Å². The van der Waals surface area contributed by atoms with Crippen LogP contribution in [-0.4, -0.2) is 83.5 Å². The second kappa shape index (κ2) is 14.5. The molecule has 2 heterocycles. The van der Waals surface area contributed by atoms with Crippen molar-refractivity contribution in [3.63, 3.8) is 0 Å². The lowest BCUT2D eigenvalue weighted by molar-refractivity contribution is -0.137. The molecule has 0 spiro atoms. The quantitative estimate of drug-likeness (QED) is 0.230. The summed E-state index contributed by atoms with van der Waals surface area (Å²) in [5.41, 5.74) is -0.761. The lowest BCUT2D eigenvalue weighted by Crippen LogP contribution is -2.48. The highest BCUT2D eigenvalue weighted by Crippen LogP contribution is 2.38. The number of hydrogen-bond donors (Lipinski definition) is 2. The number of ether oxygens (including phenoxy) is 5. The lowest BCUT2D eigenvalue weighted by Gasteiger charge is -2.36. The summed E-state index contributed by atoms with van der Waals surface area (Å²) in [5, 5.41) is 20.0. The Morgan fingerprint density at radius 1 is 0.935 bits per heavy atom. The average Bonchev–Trinajstić information content (AvgIpc) is 2.92. The molecule has 0 aliphatic carbocycles. The van der Waals surface area contributed by atoms with Gasteiger partial charge < -0.3 is 38.3 Å². The Morgan fingerprint density at radius 3 is 2.20 bits per heavy atom. The number of carboxylic acids is 1. The first kappa shape index (κ1) is 34.1. The van der Waals surface area contributed by atoms with Gasteiger partial charge in [-0.05, 0) is 32.0 Å². The standard InChI is InChI=1S/C32H35NO13/c1-16-12-33(13-17(2)42-16)14-23(37)15-41-26-10-24(43-18(3)34)11-27-29(26)30(40)32(45-20(5)36)31(46-27)21-6-7-25(44-19(4)35)22(8-21)9-28(38)39/h6-8,10-11,16-17,23,37H,9,12-15H2,1-5H3,(H,38,39). The minimum atomic E-state index is -1.22. The van der Waals surface area contributed by atoms with Crippen LogP contribution in [0.5, 0.6) is 23.0 Å². The molecule has 2 aromatic carbocycles. The van der Waals surface area contributed by atoms with E-state index < -0.39 is 47.6 Å². The number of aliphatic carboxylic acids is 1. The number of nitrogens with zero attached hydrogens (tertiary/aromatic N) is 1. The van der Waals surface area contributed by atoms with Gasteiger partial charge in [0.15, 0.2) is 5.76 Å². The number of benzene rings is 2. The fourth-order valence-corrected chi connectivity index (χ4v) is 5.25. The molecule has 14 heteroatoms. The van der Waals surface area contributed by atoms with E-state index in [9.17, 15) is 34.2 Å². The van der Waals surface area contributed by atoms with Crippen LogP contribution in [0.25, 0.3) is 22.3 Å². The molecule has 0 amide bonds. The molecule has 3 unspecified atom stereocenters. The predicted molar refractivity (Wildman–Crippen MR) is 161 cm³/mol. The zero-order chi connectivity index (χ0) is 33.7. The van der Waals surface area contributed by atoms with Gasteiger partial charge in [-0.1, -0.05) is 0 Å². The third kappa shape index (κ3) is 8.68. The van der Waals surface area contributed by atoms with Gasteiger partial charge >= 0.3 is 23.9 Å². The molecular weight excluding hydrogens is 606 g/mol. The summed E-state index contributed by atoms with van der Waals surface area (Å²) in [6.07, 6.45) is -1.56. The van der Waals surface area contributed by atoms with Crippen LogP contribution in [0.4, 0.5) is 0 Å². The third-order valence-corrected chi connectivity index (χ3v) is 6.71. The summed E-state index contributed by atoms with van der Waals surface area (Å²) in [6.45, 7) is 8.53. The van der Waals surface area contributed by atoms with Crippen LogP contribution in [0.3, 0.4) is 0 Å². The van der Waals surface area contributed by atoms with E-state index in [1.165, 1.54) is 37.3 Å². The van der Waals surface area contributed by atoms with Crippen molar-refractivity contribution in [2.75, 3.05) is 26.2 Å². The molecule has 0 saturated carbocycles. The van der Waals surface area contributed by atoms with Gasteiger partial charge in [-0.15, -0.1) is 0 Å². The third-order valence-electron chi connectivity index (χ3n) is 6.71. The number of β-amino-alcohol motifs (C(OH)–C–C–N with tert-alkyl or cyclic N) is 1. The van der Waals surface area contributed by atoms with Gasteiger partial charge in [0.25, 0.3) is 0 Å². The first-order chi connectivity index (χ1) is 21.7. The largest absolute Gasteiger partial charge is 0.490 e. The molecule has 246 valence electrons. The lowest BCUT2D eigenvalue weighted by atomic mass is 10.0. The highest BCUT2D eigenvalue weighted by Gasteiger charge is 2.27. The molecule has 1 saturated heterocycles. The number of hydrogen-bond acceptors (Lipinski definition) is 13. The Morgan fingerprint density at radius 2 is 1.59 bits per heavy atom. The maximum absolute atomic E-state index is 13.9. The number of fused-ring (bicyclic) bond motifs is 1. The molecule has 1 fully saturated rings. The SMILES string of the molecule is CC(=O)Oc1cc(OCC(O)CN2CC(C)OC(C)C2)c2c(=O)c(OC(C)=O)c(-c3ccc(OC(C)=O)c(CC(=O)O)c3)oc2c1. The first-order valence-corrected chi connectivity index (χ1v) is 14.4. The van der Waals surface area contributed by atoms with Gasteiger partial charge in [0.2, 0.25) is 11.2 Å². The number of aliphatic hydroxyl groups excluding tert-OH is 1. The van der Waals surface area contributed by atoms with E-state index in [-0.39, 0.29) is 70.5 Å². The van der Waals surface area contributed by atoms with Crippen LogP contribution in [0.2, 0.25) is 0 Å². The predicted octanol–water partition coefficient (Wildman–Crippen LogP) is 2.71. The molecule has 1 aromatic heterocycles. The van der Waals surface area contributed by atoms with E-state index in [2.05, 4.69) is 0 Å². The maximum atomic E-state index is 13.9. The van der Waals surface area contributed by atoms with Crippen molar-refractivity contribution in [2.24, 2.45) is 0 Å². The molecular formula is C32H35NO13. The van der Waals surface area contributed by atoms with Crippen LogP contribution < -0.4 is 24.4 Å². The first-order valence-electron chi connectivity index (χ1n) is 14.4. The second-order valence-electron chi connectivity index (χ2n) is 11.0. The average molecular weight is 642 g/mol. The van der Waals surface area contributed by atoms with Crippen molar-refractivity contribution < 1.29 is 57.5 Å². The molecule has 4 rings (SSSR count). The van der Waals surface area contributed by atoms with Crippen molar-refractivity contribution in [1.82, 2.24) is 4.90 Å². The number of carboxylic acid groups (broad SMARTS) is 1. The minimum absolute atomic E-state index is 0.0159. The van der Waals surface area contributed by atoms with E-state index in [1.807, 2.05) is 18.7 Å². The van der Waals surface area contributed by atoms with Crippen molar-refractivity contribution >= 4 is 34.8 Å². The molecule has 14 nitrogen and oxygen atoms in total. The zero-order valence-electron chi connectivity index (χ0n) is 26.0. The van der Waals surface area contributed by atoms with E-state index in [4.69, 9.17) is 28.1 Å². The summed E-state index contributed by atoms with van der Waals surface area (Å²) in [6, 6.07) is 6.57. The second-order valence-corrected chi connectivity index (χ2v) is 11.0. The van der Waals surface area contributed by atoms with E-state index in [0.29, 0.717) is 13.1 Å². The normalized spacial score (nSPS) is 17.3. The monoisotopic (exact) mass is 641 g/mol. The zero-order valence-corrected chi connectivity index (χ0v) is 26.0. The van der Waals surface area contributed by atoms with Gasteiger partial charge in [0.1, 0.15) is 40.9 Å². The van der Waals surface area contributed by atoms with Crippen LogP contribution >= 0.6 is 0 Å². The smallest absolute Gasteiger partial charge is 0.308 e.